The van der Waals surface area contributed by atoms with Crippen LogP contribution in [-0.2, 0) is 10.7 Å². The summed E-state index contributed by atoms with van der Waals surface area (Å²) in [5.74, 6) is 1.65. The minimum atomic E-state index is -2.99. The number of halogens is 3. The van der Waals surface area contributed by atoms with Crippen LogP contribution in [0.1, 0.15) is 45.1 Å². The Hall–Kier alpha value is -3.91. The summed E-state index contributed by atoms with van der Waals surface area (Å²) >= 11 is 0. The molecule has 1 aliphatic carbocycles. The third-order valence-electron chi connectivity index (χ3n) is 8.16. The lowest BCUT2D eigenvalue weighted by molar-refractivity contribution is -0.0257. The van der Waals surface area contributed by atoms with Gasteiger partial charge in [0.15, 0.2) is 0 Å². The summed E-state index contributed by atoms with van der Waals surface area (Å²) < 4.78 is 50.2. The molecular weight excluding hydrogens is 543 g/mol. The van der Waals surface area contributed by atoms with Gasteiger partial charge >= 0.3 is 0 Å². The number of hydrogen-bond acceptors (Lipinski definition) is 6. The van der Waals surface area contributed by atoms with E-state index in [4.69, 9.17) is 4.74 Å². The molecule has 42 heavy (non-hydrogen) atoms. The number of benzene rings is 2. The van der Waals surface area contributed by atoms with Crippen LogP contribution in [0.25, 0.3) is 0 Å². The number of anilines is 2. The van der Waals surface area contributed by atoms with Crippen LogP contribution >= 0.6 is 0 Å². The molecule has 3 aliphatic rings. The lowest BCUT2D eigenvalue weighted by Crippen LogP contribution is -2.45. The molecular formula is C32H32F3N5O2. The Morgan fingerprint density at radius 1 is 1.00 bits per heavy atom. The molecule has 2 fully saturated rings. The van der Waals surface area contributed by atoms with E-state index in [2.05, 4.69) is 36.8 Å². The molecule has 10 heteroatoms. The Kier molecular flexibility index (Phi) is 7.90. The van der Waals surface area contributed by atoms with Crippen molar-refractivity contribution in [1.82, 2.24) is 14.8 Å². The van der Waals surface area contributed by atoms with Gasteiger partial charge in [-0.25, -0.2) is 13.2 Å². The fourth-order valence-corrected chi connectivity index (χ4v) is 5.76. The second-order valence-electron chi connectivity index (χ2n) is 11.0. The largest absolute Gasteiger partial charge is 0.378 e. The third-order valence-corrected chi connectivity index (χ3v) is 8.16. The maximum absolute atomic E-state index is 15.1. The lowest BCUT2D eigenvalue weighted by atomic mass is 10.0. The summed E-state index contributed by atoms with van der Waals surface area (Å²) in [5, 5.41) is 2.70. The molecule has 6 rings (SSSR count). The van der Waals surface area contributed by atoms with Gasteiger partial charge in [0.05, 0.1) is 30.7 Å². The molecule has 3 aromatic rings. The highest BCUT2D eigenvalue weighted by Crippen LogP contribution is 2.50. The average molecular weight is 576 g/mol. The Morgan fingerprint density at radius 2 is 1.79 bits per heavy atom. The first kappa shape index (κ1) is 28.2. The molecule has 0 radical (unpaired) electrons. The van der Waals surface area contributed by atoms with Crippen LogP contribution in [0.5, 0.6) is 0 Å². The fraction of sp³-hybridized carbons (Fsp3) is 0.375. The summed E-state index contributed by atoms with van der Waals surface area (Å²) in [7, 11) is 2.03. The number of ether oxygens (including phenoxy) is 1. The lowest BCUT2D eigenvalue weighted by Gasteiger charge is -2.36. The van der Waals surface area contributed by atoms with E-state index in [9.17, 15) is 9.18 Å². The van der Waals surface area contributed by atoms with E-state index in [1.165, 1.54) is 24.3 Å². The van der Waals surface area contributed by atoms with E-state index < -0.39 is 17.6 Å². The maximum atomic E-state index is 15.1. The molecule has 0 saturated carbocycles. The van der Waals surface area contributed by atoms with Crippen molar-refractivity contribution in [2.24, 2.45) is 0 Å². The first-order valence-corrected chi connectivity index (χ1v) is 14.1. The Balaban J connectivity index is 1.18. The molecule has 2 aromatic carbocycles. The highest BCUT2D eigenvalue weighted by Gasteiger charge is 2.47. The number of piperazine rings is 1. The first-order valence-electron chi connectivity index (χ1n) is 14.1. The quantitative estimate of drug-likeness (QED) is 0.463. The van der Waals surface area contributed by atoms with Crippen LogP contribution in [0.4, 0.5) is 24.5 Å². The second kappa shape index (κ2) is 11.8. The number of alkyl halides is 2. The molecule has 1 amide bonds. The summed E-state index contributed by atoms with van der Waals surface area (Å²) in [6.07, 6.45) is 3.08. The van der Waals surface area contributed by atoms with Crippen LogP contribution in [0, 0.1) is 17.7 Å². The third kappa shape index (κ3) is 6.00. The van der Waals surface area contributed by atoms with Gasteiger partial charge in [0, 0.05) is 80.3 Å². The molecule has 2 saturated heterocycles. The summed E-state index contributed by atoms with van der Waals surface area (Å²) in [6.45, 7) is 5.94. The molecule has 1 unspecified atom stereocenters. The number of nitrogens with one attached hydrogen (secondary N) is 1. The van der Waals surface area contributed by atoms with E-state index in [0.29, 0.717) is 24.3 Å². The molecule has 0 spiro atoms. The van der Waals surface area contributed by atoms with Gasteiger partial charge in [-0.2, -0.15) is 0 Å². The molecule has 1 aromatic heterocycles. The summed E-state index contributed by atoms with van der Waals surface area (Å²) in [4.78, 5) is 23.8. The maximum Gasteiger partial charge on any atom is 0.275 e. The van der Waals surface area contributed by atoms with Crippen molar-refractivity contribution in [3.8, 4) is 11.8 Å². The van der Waals surface area contributed by atoms with Gasteiger partial charge in [-0.15, -0.1) is 0 Å². The normalized spacial score (nSPS) is 20.5. The number of likely N-dealkylation sites (N-methyl/N-ethyl adjacent to an activating group) is 1. The minimum absolute atomic E-state index is 0.0509. The van der Waals surface area contributed by atoms with Crippen molar-refractivity contribution in [1.29, 1.82) is 0 Å². The zero-order chi connectivity index (χ0) is 29.3. The number of fused-ring (bicyclic) bond motifs is 1. The van der Waals surface area contributed by atoms with Gasteiger partial charge < -0.3 is 19.9 Å². The monoisotopic (exact) mass is 575 g/mol. The van der Waals surface area contributed by atoms with E-state index in [1.54, 1.807) is 24.5 Å². The SMILES string of the molecule is CN1CCN(C2CC(F)(F)c3cc(NC(=O)c4ccc(F)c(C#Cc5cncc(N6CCOCC6)c5)c4)ccc32)CC1. The van der Waals surface area contributed by atoms with E-state index in [-0.39, 0.29) is 34.8 Å². The van der Waals surface area contributed by atoms with Crippen molar-refractivity contribution < 1.29 is 22.7 Å². The number of amides is 1. The fourth-order valence-electron chi connectivity index (χ4n) is 5.76. The van der Waals surface area contributed by atoms with E-state index in [1.807, 2.05) is 13.1 Å². The van der Waals surface area contributed by atoms with Crippen molar-refractivity contribution in [3.05, 3.63) is 88.5 Å². The molecule has 0 bridgehead atoms. The zero-order valence-corrected chi connectivity index (χ0v) is 23.4. The van der Waals surface area contributed by atoms with Gasteiger partial charge in [0.25, 0.3) is 11.8 Å². The molecule has 1 atom stereocenters. The molecule has 2 aliphatic heterocycles. The first-order chi connectivity index (χ1) is 20.3. The highest BCUT2D eigenvalue weighted by molar-refractivity contribution is 6.04. The number of nitrogens with zero attached hydrogens (tertiary/aromatic N) is 4. The Morgan fingerprint density at radius 3 is 2.57 bits per heavy atom. The zero-order valence-electron chi connectivity index (χ0n) is 23.4. The molecule has 218 valence electrons. The van der Waals surface area contributed by atoms with Crippen molar-refractivity contribution in [3.63, 3.8) is 0 Å². The number of aromatic nitrogens is 1. The summed E-state index contributed by atoms with van der Waals surface area (Å²) in [5.41, 5.74) is 2.56. The van der Waals surface area contributed by atoms with Crippen LogP contribution < -0.4 is 10.2 Å². The number of carbonyl (C=O) groups excluding carboxylic acids is 1. The van der Waals surface area contributed by atoms with Gasteiger partial charge in [0.1, 0.15) is 5.82 Å². The standard InChI is InChI=1S/C32H32F3N5O2/c1-38-8-10-40(11-9-38)30-19-32(34,35)28-18-25(5-6-27(28)30)37-31(41)24-4-7-29(33)23(17-24)3-2-22-16-26(21-36-20-22)39-12-14-42-15-13-39/h4-7,16-18,20-21,30H,8-15,19H2,1H3,(H,37,41). The number of carbonyl (C=O) groups is 1. The van der Waals surface area contributed by atoms with Gasteiger partial charge in [-0.05, 0) is 49.0 Å². The number of pyridine rings is 1. The van der Waals surface area contributed by atoms with Crippen molar-refractivity contribution in [2.45, 2.75) is 18.4 Å². The smallest absolute Gasteiger partial charge is 0.275 e. The summed E-state index contributed by atoms with van der Waals surface area (Å²) in [6, 6.07) is 10.1. The minimum Gasteiger partial charge on any atom is -0.378 e. The van der Waals surface area contributed by atoms with Gasteiger partial charge in [0.2, 0.25) is 0 Å². The van der Waals surface area contributed by atoms with E-state index >= 15 is 8.78 Å². The number of hydrogen-bond donors (Lipinski definition) is 1. The Labute approximate surface area is 243 Å². The van der Waals surface area contributed by atoms with Gasteiger partial charge in [-0.3, -0.25) is 14.7 Å². The van der Waals surface area contributed by atoms with Crippen LogP contribution in [0.15, 0.2) is 54.9 Å². The number of rotatable bonds is 4. The van der Waals surface area contributed by atoms with Crippen LogP contribution in [0.3, 0.4) is 0 Å². The average Bonchev–Trinajstić information content (AvgIpc) is 3.27. The molecule has 3 heterocycles. The second-order valence-corrected chi connectivity index (χ2v) is 11.0. The Bertz CT molecular complexity index is 1540. The highest BCUT2D eigenvalue weighted by atomic mass is 19.3. The predicted molar refractivity (Wildman–Crippen MR) is 154 cm³/mol. The predicted octanol–water partition coefficient (Wildman–Crippen LogP) is 4.49. The molecule has 1 N–H and O–H groups in total. The van der Waals surface area contributed by atoms with Crippen LogP contribution in [0.2, 0.25) is 0 Å². The molecule has 7 nitrogen and oxygen atoms in total. The topological polar surface area (TPSA) is 60.9 Å². The van der Waals surface area contributed by atoms with E-state index in [0.717, 1.165) is 45.0 Å². The van der Waals surface area contributed by atoms with Crippen LogP contribution in [-0.4, -0.2) is 80.2 Å². The number of morpholine rings is 1. The van der Waals surface area contributed by atoms with Crippen molar-refractivity contribution in [2.75, 3.05) is 69.7 Å². The van der Waals surface area contributed by atoms with Crippen molar-refractivity contribution >= 4 is 17.3 Å². The van der Waals surface area contributed by atoms with Gasteiger partial charge in [-0.1, -0.05) is 17.9 Å².